The Balaban J connectivity index is 1.82. The number of benzene rings is 2. The van der Waals surface area contributed by atoms with E-state index in [1.807, 2.05) is 0 Å². The van der Waals surface area contributed by atoms with E-state index in [0.29, 0.717) is 10.2 Å². The van der Waals surface area contributed by atoms with Crippen molar-refractivity contribution < 1.29 is 23.1 Å². The van der Waals surface area contributed by atoms with Crippen molar-refractivity contribution in [3.05, 3.63) is 62.2 Å². The first-order valence-electron chi connectivity index (χ1n) is 7.87. The summed E-state index contributed by atoms with van der Waals surface area (Å²) in [7, 11) is -3.39. The number of sulfone groups is 1. The first-order valence-corrected chi connectivity index (χ1v) is 10.6. The highest BCUT2D eigenvalue weighted by molar-refractivity contribution is 7.90. The molecule has 1 N–H and O–H groups in total. The average Bonchev–Trinajstić information content (AvgIpc) is 3.01. The minimum Gasteiger partial charge on any atom is -0.302 e. The third-order valence-electron chi connectivity index (χ3n) is 3.86. The molecule has 1 aromatic heterocycles. The lowest BCUT2D eigenvalue weighted by atomic mass is 10.1. The van der Waals surface area contributed by atoms with Crippen LogP contribution in [0.5, 0.6) is 0 Å². The summed E-state index contributed by atoms with van der Waals surface area (Å²) in [5.41, 5.74) is -0.484. The molecule has 0 radical (unpaired) electrons. The number of anilines is 1. The van der Waals surface area contributed by atoms with Gasteiger partial charge < -0.3 is 5.32 Å². The van der Waals surface area contributed by atoms with Gasteiger partial charge in [-0.2, -0.15) is 0 Å². The van der Waals surface area contributed by atoms with Crippen molar-refractivity contribution in [2.24, 2.45) is 0 Å². The molecule has 11 nitrogen and oxygen atoms in total. The van der Waals surface area contributed by atoms with Gasteiger partial charge >= 0.3 is 0 Å². The molecule has 13 heteroatoms. The molecule has 0 aliphatic carbocycles. The van der Waals surface area contributed by atoms with Gasteiger partial charge in [0.15, 0.2) is 15.0 Å². The molecule has 0 unspecified atom stereocenters. The number of nitro benzene ring substituents is 2. The van der Waals surface area contributed by atoms with Gasteiger partial charge in [-0.05, 0) is 24.3 Å². The number of hydrogen-bond acceptors (Lipinski definition) is 9. The number of rotatable bonds is 6. The topological polar surface area (TPSA) is 162 Å². The van der Waals surface area contributed by atoms with Crippen LogP contribution in [0.2, 0.25) is 0 Å². The Bertz CT molecular complexity index is 1270. The molecule has 1 heterocycles. The summed E-state index contributed by atoms with van der Waals surface area (Å²) in [6, 6.07) is 7.40. The summed E-state index contributed by atoms with van der Waals surface area (Å²) in [5, 5.41) is 24.6. The molecular weight excluding hydrogens is 424 g/mol. The maximum Gasteiger partial charge on any atom is 0.279 e. The zero-order chi connectivity index (χ0) is 21.3. The molecule has 3 aromatic rings. The van der Waals surface area contributed by atoms with Crippen molar-refractivity contribution in [3.8, 4) is 0 Å². The lowest BCUT2D eigenvalue weighted by Gasteiger charge is -2.03. The van der Waals surface area contributed by atoms with E-state index < -0.39 is 43.4 Å². The lowest BCUT2D eigenvalue weighted by molar-refractivity contribution is -0.394. The molecule has 0 bridgehead atoms. The van der Waals surface area contributed by atoms with Gasteiger partial charge in [0.05, 0.1) is 37.4 Å². The predicted molar refractivity (Wildman–Crippen MR) is 105 cm³/mol. The third-order valence-corrected chi connectivity index (χ3v) is 5.91. The quantitative estimate of drug-likeness (QED) is 0.455. The van der Waals surface area contributed by atoms with E-state index in [4.69, 9.17) is 0 Å². The molecule has 3 rings (SSSR count). The van der Waals surface area contributed by atoms with Crippen molar-refractivity contribution in [1.82, 2.24) is 4.98 Å². The first-order chi connectivity index (χ1) is 13.5. The summed E-state index contributed by atoms with van der Waals surface area (Å²) in [5.74, 6) is -0.607. The molecule has 0 atom stereocenters. The van der Waals surface area contributed by atoms with Gasteiger partial charge in [0.2, 0.25) is 5.91 Å². The Morgan fingerprint density at radius 2 is 1.86 bits per heavy atom. The molecule has 0 spiro atoms. The van der Waals surface area contributed by atoms with Gasteiger partial charge in [0.1, 0.15) is 0 Å². The van der Waals surface area contributed by atoms with Crippen molar-refractivity contribution in [2.75, 3.05) is 11.6 Å². The van der Waals surface area contributed by atoms with Crippen molar-refractivity contribution in [2.45, 2.75) is 11.3 Å². The summed E-state index contributed by atoms with van der Waals surface area (Å²) >= 11 is 1.05. The van der Waals surface area contributed by atoms with Gasteiger partial charge in [-0.3, -0.25) is 25.0 Å². The van der Waals surface area contributed by atoms with Gasteiger partial charge in [-0.15, -0.1) is 0 Å². The number of carbonyl (C=O) groups excluding carboxylic acids is 1. The highest BCUT2D eigenvalue weighted by Gasteiger charge is 2.21. The smallest absolute Gasteiger partial charge is 0.279 e. The fourth-order valence-corrected chi connectivity index (χ4v) is 4.15. The summed E-state index contributed by atoms with van der Waals surface area (Å²) in [6.45, 7) is 0. The summed E-state index contributed by atoms with van der Waals surface area (Å²) < 4.78 is 23.8. The number of carbonyl (C=O) groups is 1. The van der Waals surface area contributed by atoms with E-state index in [-0.39, 0.29) is 15.6 Å². The molecule has 0 aliphatic heterocycles. The van der Waals surface area contributed by atoms with Crippen molar-refractivity contribution >= 4 is 53.8 Å². The van der Waals surface area contributed by atoms with Crippen molar-refractivity contribution in [3.63, 3.8) is 0 Å². The van der Waals surface area contributed by atoms with Gasteiger partial charge in [0, 0.05) is 17.9 Å². The molecule has 0 aliphatic rings. The molecule has 0 saturated heterocycles. The number of aromatic nitrogens is 1. The predicted octanol–water partition coefficient (Wildman–Crippen LogP) is 2.70. The van der Waals surface area contributed by atoms with Crippen LogP contribution in [0, 0.1) is 20.2 Å². The third kappa shape index (κ3) is 4.52. The average molecular weight is 436 g/mol. The second-order valence-corrected chi connectivity index (χ2v) is 9.02. The van der Waals surface area contributed by atoms with Crippen LogP contribution in [0.1, 0.15) is 5.56 Å². The Morgan fingerprint density at radius 3 is 2.48 bits per heavy atom. The number of nitrogens with one attached hydrogen (secondary N) is 1. The van der Waals surface area contributed by atoms with Gasteiger partial charge in [-0.25, -0.2) is 13.4 Å². The number of amides is 1. The molecule has 2 aromatic carbocycles. The Morgan fingerprint density at radius 1 is 1.14 bits per heavy atom. The summed E-state index contributed by atoms with van der Waals surface area (Å²) in [4.78, 5) is 37.0. The number of thiazole rings is 1. The second-order valence-electron chi connectivity index (χ2n) is 5.97. The Kier molecular flexibility index (Phi) is 5.26. The van der Waals surface area contributed by atoms with E-state index in [0.717, 1.165) is 35.8 Å². The first kappa shape index (κ1) is 20.3. The van der Waals surface area contributed by atoms with Crippen LogP contribution in [0.15, 0.2) is 41.3 Å². The van der Waals surface area contributed by atoms with Crippen LogP contribution in [0.3, 0.4) is 0 Å². The zero-order valence-electron chi connectivity index (χ0n) is 14.7. The number of non-ortho nitro benzene ring substituents is 1. The molecule has 0 saturated carbocycles. The largest absolute Gasteiger partial charge is 0.302 e. The van der Waals surface area contributed by atoms with Gasteiger partial charge in [0.25, 0.3) is 11.4 Å². The monoisotopic (exact) mass is 436 g/mol. The maximum absolute atomic E-state index is 12.3. The standard InChI is InChI=1S/C16H12N4O7S2/c1-29(26,27)11-4-5-12-14(8-11)28-16(17-12)18-15(21)6-9-2-3-10(19(22)23)7-13(9)20(24)25/h2-5,7-8H,6H2,1H3,(H,17,18,21). The zero-order valence-corrected chi connectivity index (χ0v) is 16.3. The van der Waals surface area contributed by atoms with Crippen LogP contribution >= 0.6 is 11.3 Å². The van der Waals surface area contributed by atoms with E-state index in [1.54, 1.807) is 0 Å². The second kappa shape index (κ2) is 7.52. The minimum atomic E-state index is -3.39. The highest BCUT2D eigenvalue weighted by atomic mass is 32.2. The number of fused-ring (bicyclic) bond motifs is 1. The van der Waals surface area contributed by atoms with E-state index >= 15 is 0 Å². The molecule has 150 valence electrons. The fourth-order valence-electron chi connectivity index (χ4n) is 2.51. The fraction of sp³-hybridized carbons (Fsp3) is 0.125. The number of nitrogens with zero attached hydrogens (tertiary/aromatic N) is 3. The van der Waals surface area contributed by atoms with Crippen LogP contribution < -0.4 is 5.32 Å². The van der Waals surface area contributed by atoms with E-state index in [1.165, 1.54) is 18.2 Å². The van der Waals surface area contributed by atoms with E-state index in [2.05, 4.69) is 10.3 Å². The van der Waals surface area contributed by atoms with Gasteiger partial charge in [-0.1, -0.05) is 11.3 Å². The maximum atomic E-state index is 12.3. The Hall–Kier alpha value is -3.45. The normalized spacial score (nSPS) is 11.3. The number of nitro groups is 2. The van der Waals surface area contributed by atoms with E-state index in [9.17, 15) is 33.4 Å². The molecule has 1 amide bonds. The molecular formula is C16H12N4O7S2. The SMILES string of the molecule is CS(=O)(=O)c1ccc2nc(NC(=O)Cc3ccc([N+](=O)[O-])cc3[N+](=O)[O-])sc2c1. The summed E-state index contributed by atoms with van der Waals surface area (Å²) in [6.07, 6.45) is 0.688. The minimum absolute atomic E-state index is 0.0126. The van der Waals surface area contributed by atoms with Crippen LogP contribution in [-0.2, 0) is 21.1 Å². The molecule has 29 heavy (non-hydrogen) atoms. The van der Waals surface area contributed by atoms with Crippen molar-refractivity contribution in [1.29, 1.82) is 0 Å². The lowest BCUT2D eigenvalue weighted by Crippen LogP contribution is -2.15. The van der Waals surface area contributed by atoms with Crippen LogP contribution in [0.4, 0.5) is 16.5 Å². The molecule has 0 fully saturated rings. The van der Waals surface area contributed by atoms with Crippen LogP contribution in [0.25, 0.3) is 10.2 Å². The van der Waals surface area contributed by atoms with Crippen LogP contribution in [-0.4, -0.2) is 35.4 Å². The highest BCUT2D eigenvalue weighted by Crippen LogP contribution is 2.29. The Labute approximate surface area is 167 Å². The number of hydrogen-bond donors (Lipinski definition) is 1.